The topological polar surface area (TPSA) is 93.1 Å². The standard InChI is InChI=1S/C17H16O4.C7H6O2/c1-20-16-12-13(9-10-15(16)18)6-5-11-21-17(19)14-7-3-2-4-8-14;8-7(9)6-4-2-1-3-5-6/h2-10,12,18H,11H2,1H3;1-5H,(H,8,9)/b6-5+;. The summed E-state index contributed by atoms with van der Waals surface area (Å²) in [6.45, 7) is 0.177. The maximum atomic E-state index is 11.7. The highest BCUT2D eigenvalue weighted by Gasteiger charge is 2.04. The Hall–Kier alpha value is -4.06. The van der Waals surface area contributed by atoms with Crippen LogP contribution in [-0.4, -0.2) is 35.9 Å². The predicted octanol–water partition coefficient (Wildman–Crippen LogP) is 4.66. The summed E-state index contributed by atoms with van der Waals surface area (Å²) in [5.74, 6) is -0.747. The highest BCUT2D eigenvalue weighted by atomic mass is 16.5. The third kappa shape index (κ3) is 7.16. The second-order valence-corrected chi connectivity index (χ2v) is 5.97. The van der Waals surface area contributed by atoms with Gasteiger partial charge in [0.1, 0.15) is 6.61 Å². The molecule has 0 radical (unpaired) electrons. The molecule has 3 aromatic rings. The van der Waals surface area contributed by atoms with Crippen molar-refractivity contribution in [2.45, 2.75) is 0 Å². The van der Waals surface area contributed by atoms with E-state index in [1.807, 2.05) is 6.07 Å². The van der Waals surface area contributed by atoms with Crippen LogP contribution < -0.4 is 4.74 Å². The van der Waals surface area contributed by atoms with Gasteiger partial charge in [-0.25, -0.2) is 9.59 Å². The summed E-state index contributed by atoms with van der Waals surface area (Å²) in [6, 6.07) is 22.1. The average Bonchev–Trinajstić information content (AvgIpc) is 2.79. The first-order valence-corrected chi connectivity index (χ1v) is 9.05. The van der Waals surface area contributed by atoms with Gasteiger partial charge in [-0.05, 0) is 48.0 Å². The van der Waals surface area contributed by atoms with Crippen LogP contribution in [0.5, 0.6) is 11.5 Å². The number of aromatic hydroxyl groups is 1. The molecule has 0 aliphatic heterocycles. The number of hydrogen-bond donors (Lipinski definition) is 2. The molecule has 0 aliphatic carbocycles. The van der Waals surface area contributed by atoms with Crippen LogP contribution >= 0.6 is 0 Å². The van der Waals surface area contributed by atoms with E-state index in [9.17, 15) is 14.7 Å². The number of hydrogen-bond acceptors (Lipinski definition) is 5. The van der Waals surface area contributed by atoms with Crippen molar-refractivity contribution in [1.29, 1.82) is 0 Å². The molecule has 0 unspecified atom stereocenters. The molecular weight excluding hydrogens is 384 g/mol. The van der Waals surface area contributed by atoms with Crippen molar-refractivity contribution in [3.8, 4) is 11.5 Å². The van der Waals surface area contributed by atoms with Gasteiger partial charge < -0.3 is 19.7 Å². The summed E-state index contributed by atoms with van der Waals surface area (Å²) in [5.41, 5.74) is 1.70. The van der Waals surface area contributed by atoms with Crippen molar-refractivity contribution >= 4 is 18.0 Å². The molecule has 2 N–H and O–H groups in total. The van der Waals surface area contributed by atoms with Gasteiger partial charge in [0.2, 0.25) is 0 Å². The average molecular weight is 406 g/mol. The monoisotopic (exact) mass is 406 g/mol. The third-order valence-electron chi connectivity index (χ3n) is 3.85. The number of esters is 1. The molecule has 6 heteroatoms. The van der Waals surface area contributed by atoms with E-state index in [0.717, 1.165) is 5.56 Å². The molecule has 30 heavy (non-hydrogen) atoms. The number of phenolic OH excluding ortho intramolecular Hbond substituents is 1. The molecule has 0 saturated heterocycles. The van der Waals surface area contributed by atoms with Crippen molar-refractivity contribution in [2.24, 2.45) is 0 Å². The fraction of sp³-hybridized carbons (Fsp3) is 0.0833. The lowest BCUT2D eigenvalue weighted by Crippen LogP contribution is -2.04. The number of carbonyl (C=O) groups excluding carboxylic acids is 1. The minimum absolute atomic E-state index is 0.0881. The SMILES string of the molecule is COc1cc(/C=C/COC(=O)c2ccccc2)ccc1O.O=C(O)c1ccccc1. The summed E-state index contributed by atoms with van der Waals surface area (Å²) in [5, 5.41) is 17.9. The zero-order valence-electron chi connectivity index (χ0n) is 16.4. The first kappa shape index (κ1) is 22.2. The molecule has 6 nitrogen and oxygen atoms in total. The zero-order valence-corrected chi connectivity index (χ0v) is 16.4. The molecule has 3 rings (SSSR count). The Bertz CT molecular complexity index is 981. The zero-order chi connectivity index (χ0) is 21.8. The molecule has 0 bridgehead atoms. The number of methoxy groups -OCH3 is 1. The van der Waals surface area contributed by atoms with Crippen molar-refractivity contribution in [3.05, 3.63) is 102 Å². The maximum absolute atomic E-state index is 11.7. The largest absolute Gasteiger partial charge is 0.504 e. The highest BCUT2D eigenvalue weighted by molar-refractivity contribution is 5.89. The molecule has 0 spiro atoms. The van der Waals surface area contributed by atoms with Gasteiger partial charge in [0, 0.05) is 0 Å². The maximum Gasteiger partial charge on any atom is 0.338 e. The van der Waals surface area contributed by atoms with Crippen LogP contribution in [0.3, 0.4) is 0 Å². The lowest BCUT2D eigenvalue weighted by Gasteiger charge is -2.04. The number of aromatic carboxylic acids is 1. The number of carbonyl (C=O) groups is 2. The van der Waals surface area contributed by atoms with E-state index in [1.54, 1.807) is 84.9 Å². The number of carboxylic acid groups (broad SMARTS) is 1. The smallest absolute Gasteiger partial charge is 0.338 e. The molecule has 0 fully saturated rings. The summed E-state index contributed by atoms with van der Waals surface area (Å²) in [4.78, 5) is 21.9. The summed E-state index contributed by atoms with van der Waals surface area (Å²) in [7, 11) is 1.49. The lowest BCUT2D eigenvalue weighted by atomic mass is 10.2. The Morgan fingerprint density at radius 2 is 1.50 bits per heavy atom. The van der Waals surface area contributed by atoms with Crippen LogP contribution in [0.4, 0.5) is 0 Å². The Labute approximate surface area is 174 Å². The first-order valence-electron chi connectivity index (χ1n) is 9.05. The fourth-order valence-electron chi connectivity index (χ4n) is 2.34. The molecule has 0 aliphatic rings. The molecule has 154 valence electrons. The molecule has 0 heterocycles. The van der Waals surface area contributed by atoms with Gasteiger partial charge in [0.25, 0.3) is 0 Å². The number of rotatable bonds is 6. The van der Waals surface area contributed by atoms with Crippen LogP contribution in [0.15, 0.2) is 84.9 Å². The molecular formula is C24H22O6. The van der Waals surface area contributed by atoms with Gasteiger partial charge in [0.15, 0.2) is 11.5 Å². The number of ether oxygens (including phenoxy) is 2. The van der Waals surface area contributed by atoms with Crippen molar-refractivity contribution in [1.82, 2.24) is 0 Å². The predicted molar refractivity (Wildman–Crippen MR) is 114 cm³/mol. The van der Waals surface area contributed by atoms with Crippen molar-refractivity contribution < 1.29 is 29.3 Å². The third-order valence-corrected chi connectivity index (χ3v) is 3.85. The fourth-order valence-corrected chi connectivity index (χ4v) is 2.34. The Morgan fingerprint density at radius 1 is 0.900 bits per heavy atom. The number of phenols is 1. The van der Waals surface area contributed by atoms with Crippen LogP contribution in [0.2, 0.25) is 0 Å². The van der Waals surface area contributed by atoms with Gasteiger partial charge >= 0.3 is 11.9 Å². The van der Waals surface area contributed by atoms with Gasteiger partial charge in [-0.15, -0.1) is 0 Å². The quantitative estimate of drug-likeness (QED) is 0.579. The van der Waals surface area contributed by atoms with Gasteiger partial charge in [-0.1, -0.05) is 48.5 Å². The minimum atomic E-state index is -0.879. The lowest BCUT2D eigenvalue weighted by molar-refractivity contribution is 0.0549. The van der Waals surface area contributed by atoms with Crippen LogP contribution in [-0.2, 0) is 4.74 Å². The summed E-state index contributed by atoms with van der Waals surface area (Å²) < 4.78 is 10.1. The number of carboxylic acids is 1. The molecule has 0 aromatic heterocycles. The van der Waals surface area contributed by atoms with Crippen LogP contribution in [0.25, 0.3) is 6.08 Å². The van der Waals surface area contributed by atoms with Crippen molar-refractivity contribution in [3.63, 3.8) is 0 Å². The second kappa shape index (κ2) is 11.7. The Kier molecular flexibility index (Phi) is 8.68. The summed E-state index contributed by atoms with van der Waals surface area (Å²) >= 11 is 0. The van der Waals surface area contributed by atoms with E-state index in [2.05, 4.69) is 0 Å². The van der Waals surface area contributed by atoms with Gasteiger partial charge in [-0.2, -0.15) is 0 Å². The van der Waals surface area contributed by atoms with Crippen LogP contribution in [0, 0.1) is 0 Å². The molecule has 0 atom stereocenters. The van der Waals surface area contributed by atoms with Gasteiger partial charge in [0.05, 0.1) is 18.2 Å². The van der Waals surface area contributed by atoms with E-state index in [-0.39, 0.29) is 18.3 Å². The minimum Gasteiger partial charge on any atom is -0.504 e. The normalized spacial score (nSPS) is 10.0. The molecule has 3 aromatic carbocycles. The highest BCUT2D eigenvalue weighted by Crippen LogP contribution is 2.26. The van der Waals surface area contributed by atoms with Crippen LogP contribution in [0.1, 0.15) is 26.3 Å². The number of benzene rings is 3. The molecule has 0 amide bonds. The van der Waals surface area contributed by atoms with E-state index in [1.165, 1.54) is 7.11 Å². The molecule has 0 saturated carbocycles. The first-order chi connectivity index (χ1) is 14.5. The summed E-state index contributed by atoms with van der Waals surface area (Å²) in [6.07, 6.45) is 3.52. The second-order valence-electron chi connectivity index (χ2n) is 5.97. The van der Waals surface area contributed by atoms with E-state index < -0.39 is 5.97 Å². The Morgan fingerprint density at radius 3 is 2.03 bits per heavy atom. The van der Waals surface area contributed by atoms with Gasteiger partial charge in [-0.3, -0.25) is 0 Å². The van der Waals surface area contributed by atoms with E-state index in [4.69, 9.17) is 14.6 Å². The Balaban J connectivity index is 0.000000297. The van der Waals surface area contributed by atoms with E-state index in [0.29, 0.717) is 16.9 Å². The van der Waals surface area contributed by atoms with Crippen molar-refractivity contribution in [2.75, 3.05) is 13.7 Å². The van der Waals surface area contributed by atoms with E-state index >= 15 is 0 Å².